The van der Waals surface area contributed by atoms with Crippen molar-refractivity contribution in [3.63, 3.8) is 0 Å². The summed E-state index contributed by atoms with van der Waals surface area (Å²) in [6.07, 6.45) is 1.60. The molecule has 0 amide bonds. The number of alkyl halides is 2. The van der Waals surface area contributed by atoms with Crippen LogP contribution in [-0.4, -0.2) is 30.6 Å². The Bertz CT molecular complexity index is 569. The molecule has 0 spiro atoms. The second-order valence-corrected chi connectivity index (χ2v) is 7.49. The molecular formula is C18H27Cl2F3N2. The first kappa shape index (κ1) is 22.4. The Hall–Kier alpha value is -0.650. The highest BCUT2D eigenvalue weighted by atomic mass is 35.5. The molecule has 2 nitrogen and oxygen atoms in total. The molecule has 7 heteroatoms. The van der Waals surface area contributed by atoms with E-state index in [9.17, 15) is 13.2 Å². The van der Waals surface area contributed by atoms with Crippen molar-refractivity contribution in [2.24, 2.45) is 0 Å². The van der Waals surface area contributed by atoms with Gasteiger partial charge in [0.1, 0.15) is 5.82 Å². The summed E-state index contributed by atoms with van der Waals surface area (Å²) in [4.78, 5) is 2.27. The third kappa shape index (κ3) is 5.18. The lowest BCUT2D eigenvalue weighted by atomic mass is 9.83. The first-order valence-electron chi connectivity index (χ1n) is 8.47. The SMILES string of the molecule is CC1(C)CN(c2ccc(CC(F)F)c(F)c2)[C@@H]2CCCC[C@H]2N1.Cl.Cl. The highest BCUT2D eigenvalue weighted by Crippen LogP contribution is 2.34. The van der Waals surface area contributed by atoms with Gasteiger partial charge in [-0.25, -0.2) is 13.2 Å². The van der Waals surface area contributed by atoms with Gasteiger partial charge in [0.05, 0.1) is 0 Å². The number of hydrogen-bond donors (Lipinski definition) is 1. The maximum Gasteiger partial charge on any atom is 0.242 e. The van der Waals surface area contributed by atoms with Crippen LogP contribution in [0.15, 0.2) is 18.2 Å². The lowest BCUT2D eigenvalue weighted by molar-refractivity contribution is 0.148. The maximum atomic E-state index is 14.2. The minimum Gasteiger partial charge on any atom is -0.365 e. The van der Waals surface area contributed by atoms with Gasteiger partial charge in [0.2, 0.25) is 6.43 Å². The van der Waals surface area contributed by atoms with Crippen molar-refractivity contribution >= 4 is 30.5 Å². The molecule has 1 aliphatic carbocycles. The van der Waals surface area contributed by atoms with E-state index in [1.807, 2.05) is 0 Å². The van der Waals surface area contributed by atoms with Crippen LogP contribution in [0, 0.1) is 5.82 Å². The van der Waals surface area contributed by atoms with E-state index < -0.39 is 18.7 Å². The fourth-order valence-corrected chi connectivity index (χ4v) is 4.07. The summed E-state index contributed by atoms with van der Waals surface area (Å²) in [6.45, 7) is 5.11. The molecule has 2 atom stereocenters. The lowest BCUT2D eigenvalue weighted by Gasteiger charge is -2.52. The van der Waals surface area contributed by atoms with Gasteiger partial charge in [0.15, 0.2) is 0 Å². The minimum absolute atomic E-state index is 0. The molecule has 0 radical (unpaired) electrons. The van der Waals surface area contributed by atoms with Crippen LogP contribution in [0.1, 0.15) is 45.1 Å². The van der Waals surface area contributed by atoms with Crippen LogP contribution in [0.3, 0.4) is 0 Å². The van der Waals surface area contributed by atoms with E-state index in [4.69, 9.17) is 0 Å². The number of piperazine rings is 1. The number of nitrogens with one attached hydrogen (secondary N) is 1. The molecule has 1 saturated carbocycles. The molecular weight excluding hydrogens is 372 g/mol. The average Bonchev–Trinajstić information content (AvgIpc) is 2.47. The van der Waals surface area contributed by atoms with E-state index in [1.54, 1.807) is 6.07 Å². The summed E-state index contributed by atoms with van der Waals surface area (Å²) >= 11 is 0. The van der Waals surface area contributed by atoms with Gasteiger partial charge in [0.25, 0.3) is 0 Å². The van der Waals surface area contributed by atoms with Gasteiger partial charge in [-0.1, -0.05) is 18.9 Å². The fraction of sp³-hybridized carbons (Fsp3) is 0.667. The molecule has 1 heterocycles. The molecule has 0 bridgehead atoms. The number of halogens is 5. The molecule has 1 saturated heterocycles. The third-order valence-corrected chi connectivity index (χ3v) is 5.01. The topological polar surface area (TPSA) is 15.3 Å². The molecule has 2 fully saturated rings. The quantitative estimate of drug-likeness (QED) is 0.772. The number of hydrogen-bond acceptors (Lipinski definition) is 2. The predicted molar refractivity (Wildman–Crippen MR) is 101 cm³/mol. The normalized spacial score (nSPS) is 25.0. The number of fused-ring (bicyclic) bond motifs is 1. The monoisotopic (exact) mass is 398 g/mol. The van der Waals surface area contributed by atoms with Crippen molar-refractivity contribution in [2.45, 2.75) is 70.0 Å². The number of anilines is 1. The second-order valence-electron chi connectivity index (χ2n) is 7.49. The van der Waals surface area contributed by atoms with Crippen LogP contribution in [0.5, 0.6) is 0 Å². The van der Waals surface area contributed by atoms with Crippen LogP contribution in [0.2, 0.25) is 0 Å². The van der Waals surface area contributed by atoms with Crippen LogP contribution in [0.25, 0.3) is 0 Å². The molecule has 25 heavy (non-hydrogen) atoms. The van der Waals surface area contributed by atoms with Crippen molar-refractivity contribution in [1.29, 1.82) is 0 Å². The van der Waals surface area contributed by atoms with Crippen molar-refractivity contribution in [3.8, 4) is 0 Å². The zero-order valence-corrected chi connectivity index (χ0v) is 16.2. The van der Waals surface area contributed by atoms with Crippen molar-refractivity contribution in [3.05, 3.63) is 29.6 Å². The first-order valence-corrected chi connectivity index (χ1v) is 8.47. The second kappa shape index (κ2) is 8.83. The lowest BCUT2D eigenvalue weighted by Crippen LogP contribution is -2.67. The molecule has 1 N–H and O–H groups in total. The maximum absolute atomic E-state index is 14.2. The number of benzene rings is 1. The molecule has 1 aliphatic heterocycles. The number of rotatable bonds is 3. The van der Waals surface area contributed by atoms with E-state index in [0.29, 0.717) is 12.1 Å². The van der Waals surface area contributed by atoms with Gasteiger partial charge >= 0.3 is 0 Å². The Kier molecular flexibility index (Phi) is 7.91. The van der Waals surface area contributed by atoms with Crippen LogP contribution >= 0.6 is 24.8 Å². The zero-order valence-electron chi connectivity index (χ0n) is 14.6. The summed E-state index contributed by atoms with van der Waals surface area (Å²) in [6, 6.07) is 5.52. The van der Waals surface area contributed by atoms with Crippen LogP contribution in [-0.2, 0) is 6.42 Å². The molecule has 0 unspecified atom stereocenters. The summed E-state index contributed by atoms with van der Waals surface area (Å²) in [5.74, 6) is -0.522. The third-order valence-electron chi connectivity index (χ3n) is 5.01. The summed E-state index contributed by atoms with van der Waals surface area (Å²) in [5, 5.41) is 3.71. The molecule has 3 rings (SSSR count). The molecule has 2 aliphatic rings. The van der Waals surface area contributed by atoms with E-state index >= 15 is 0 Å². The highest BCUT2D eigenvalue weighted by Gasteiger charge is 2.40. The predicted octanol–water partition coefficient (Wildman–Crippen LogP) is 4.98. The summed E-state index contributed by atoms with van der Waals surface area (Å²) in [5.41, 5.74) is 0.863. The average molecular weight is 399 g/mol. The molecule has 0 aromatic heterocycles. The Morgan fingerprint density at radius 1 is 1.20 bits per heavy atom. The Labute approximate surface area is 160 Å². The van der Waals surface area contributed by atoms with E-state index in [0.717, 1.165) is 25.1 Å². The van der Waals surface area contributed by atoms with E-state index in [2.05, 4.69) is 24.1 Å². The number of nitrogens with zero attached hydrogens (tertiary/aromatic N) is 1. The Morgan fingerprint density at radius 2 is 1.88 bits per heavy atom. The summed E-state index contributed by atoms with van der Waals surface area (Å²) < 4.78 is 39.2. The standard InChI is InChI=1S/C18H25F3N2.2ClH/c1-18(2)11-23(16-6-4-3-5-15(16)22-18)13-8-7-12(9-17(20)21)14(19)10-13;;/h7-8,10,15-17,22H,3-6,9,11H2,1-2H3;2*1H/t15-,16-;;/m1../s1. The van der Waals surface area contributed by atoms with E-state index in [1.165, 1.54) is 25.0 Å². The van der Waals surface area contributed by atoms with Gasteiger partial charge in [-0.15, -0.1) is 24.8 Å². The summed E-state index contributed by atoms with van der Waals surface area (Å²) in [7, 11) is 0. The highest BCUT2D eigenvalue weighted by molar-refractivity contribution is 5.85. The van der Waals surface area contributed by atoms with Gasteiger partial charge in [-0.2, -0.15) is 0 Å². The largest absolute Gasteiger partial charge is 0.365 e. The van der Waals surface area contributed by atoms with Gasteiger partial charge in [0, 0.05) is 36.3 Å². The zero-order chi connectivity index (χ0) is 16.6. The van der Waals surface area contributed by atoms with Crippen molar-refractivity contribution in [2.75, 3.05) is 11.4 Å². The van der Waals surface area contributed by atoms with Crippen LogP contribution < -0.4 is 10.2 Å². The van der Waals surface area contributed by atoms with E-state index in [-0.39, 0.29) is 35.9 Å². The minimum atomic E-state index is -2.52. The molecule has 1 aromatic rings. The van der Waals surface area contributed by atoms with Gasteiger partial charge in [-0.05, 0) is 44.4 Å². The first-order chi connectivity index (χ1) is 10.9. The van der Waals surface area contributed by atoms with Gasteiger partial charge in [-0.3, -0.25) is 0 Å². The van der Waals surface area contributed by atoms with Crippen molar-refractivity contribution < 1.29 is 13.2 Å². The Morgan fingerprint density at radius 3 is 2.52 bits per heavy atom. The van der Waals surface area contributed by atoms with Gasteiger partial charge < -0.3 is 10.2 Å². The van der Waals surface area contributed by atoms with Crippen LogP contribution in [0.4, 0.5) is 18.9 Å². The smallest absolute Gasteiger partial charge is 0.242 e. The fourth-order valence-electron chi connectivity index (χ4n) is 4.07. The Balaban J connectivity index is 0.00000156. The van der Waals surface area contributed by atoms with Crippen molar-refractivity contribution in [1.82, 2.24) is 5.32 Å². The molecule has 144 valence electrons. The molecule has 1 aromatic carbocycles.